The van der Waals surface area contributed by atoms with Crippen LogP contribution in [0.5, 0.6) is 0 Å². The lowest BCUT2D eigenvalue weighted by Gasteiger charge is -2.31. The van der Waals surface area contributed by atoms with Gasteiger partial charge in [-0.15, -0.1) is 0 Å². The lowest BCUT2D eigenvalue weighted by atomic mass is 10.1. The van der Waals surface area contributed by atoms with E-state index in [0.717, 1.165) is 38.1 Å². The summed E-state index contributed by atoms with van der Waals surface area (Å²) < 4.78 is 26.5. The zero-order valence-electron chi connectivity index (χ0n) is 9.64. The quantitative estimate of drug-likeness (QED) is 0.879. The van der Waals surface area contributed by atoms with Crippen LogP contribution >= 0.6 is 11.6 Å². The molecule has 0 aromatic heterocycles. The lowest BCUT2D eigenvalue weighted by molar-refractivity contribution is 0.260. The number of nitrogens with one attached hydrogen (secondary N) is 1. The highest BCUT2D eigenvalue weighted by atomic mass is 35.5. The molecule has 0 bridgehead atoms. The largest absolute Gasteiger partial charge is 0.377 e. The second-order valence-corrected chi connectivity index (χ2v) is 4.90. The van der Waals surface area contributed by atoms with E-state index < -0.39 is 11.6 Å². The molecule has 0 amide bonds. The summed E-state index contributed by atoms with van der Waals surface area (Å²) in [6, 6.07) is 2.13. The number of piperidine rings is 1. The molecule has 17 heavy (non-hydrogen) atoms. The summed E-state index contributed by atoms with van der Waals surface area (Å²) in [7, 11) is 2.02. The maximum absolute atomic E-state index is 13.6. The van der Waals surface area contributed by atoms with E-state index in [0.29, 0.717) is 0 Å². The van der Waals surface area contributed by atoms with Gasteiger partial charge < -0.3 is 10.2 Å². The van der Waals surface area contributed by atoms with Gasteiger partial charge in [0.05, 0.1) is 10.7 Å². The van der Waals surface area contributed by atoms with Crippen LogP contribution in [-0.4, -0.2) is 31.1 Å². The van der Waals surface area contributed by atoms with Gasteiger partial charge in [0.15, 0.2) is 5.82 Å². The molecule has 1 heterocycles. The van der Waals surface area contributed by atoms with E-state index >= 15 is 0 Å². The van der Waals surface area contributed by atoms with Crippen LogP contribution in [0.2, 0.25) is 5.02 Å². The minimum atomic E-state index is -0.654. The smallest absolute Gasteiger partial charge is 0.150 e. The van der Waals surface area contributed by atoms with Crippen LogP contribution in [0.3, 0.4) is 0 Å². The molecule has 2 rings (SSSR count). The molecule has 1 saturated heterocycles. The normalized spacial score (nSPS) is 21.5. The molecule has 0 aliphatic carbocycles. The molecule has 1 aromatic rings. The predicted molar refractivity (Wildman–Crippen MR) is 65.5 cm³/mol. The molecular weight excluding hydrogens is 246 g/mol. The van der Waals surface area contributed by atoms with Crippen molar-refractivity contribution in [3.05, 3.63) is 28.8 Å². The fraction of sp³-hybridized carbons (Fsp3) is 0.500. The Morgan fingerprint density at radius 2 is 2.18 bits per heavy atom. The summed E-state index contributed by atoms with van der Waals surface area (Å²) in [6.07, 6.45) is 2.03. The number of nitrogens with zero attached hydrogens (tertiary/aromatic N) is 1. The van der Waals surface area contributed by atoms with E-state index in [4.69, 9.17) is 11.6 Å². The van der Waals surface area contributed by atoms with Crippen LogP contribution in [0.4, 0.5) is 14.5 Å². The highest BCUT2D eigenvalue weighted by Crippen LogP contribution is 2.28. The molecule has 94 valence electrons. The molecule has 1 aliphatic rings. The topological polar surface area (TPSA) is 15.3 Å². The van der Waals surface area contributed by atoms with Crippen molar-refractivity contribution >= 4 is 17.3 Å². The molecule has 1 fully saturated rings. The van der Waals surface area contributed by atoms with Crippen molar-refractivity contribution in [1.82, 2.24) is 4.90 Å². The first kappa shape index (κ1) is 12.6. The number of hydrogen-bond acceptors (Lipinski definition) is 2. The van der Waals surface area contributed by atoms with Gasteiger partial charge >= 0.3 is 0 Å². The zero-order chi connectivity index (χ0) is 12.4. The van der Waals surface area contributed by atoms with Crippen LogP contribution in [-0.2, 0) is 0 Å². The third-order valence-corrected chi connectivity index (χ3v) is 3.28. The first-order valence-corrected chi connectivity index (χ1v) is 6.03. The van der Waals surface area contributed by atoms with E-state index in [1.165, 1.54) is 0 Å². The average molecular weight is 261 g/mol. The number of likely N-dealkylation sites (tertiary alicyclic amines) is 1. The number of halogens is 3. The van der Waals surface area contributed by atoms with Gasteiger partial charge in [0.2, 0.25) is 0 Å². The highest BCUT2D eigenvalue weighted by molar-refractivity contribution is 6.33. The maximum atomic E-state index is 13.6. The Bertz CT molecular complexity index is 388. The van der Waals surface area contributed by atoms with Crippen LogP contribution in [0.1, 0.15) is 12.8 Å². The van der Waals surface area contributed by atoms with Crippen LogP contribution in [0.15, 0.2) is 12.1 Å². The van der Waals surface area contributed by atoms with E-state index in [-0.39, 0.29) is 16.8 Å². The third kappa shape index (κ3) is 3.07. The van der Waals surface area contributed by atoms with Crippen molar-refractivity contribution in [2.24, 2.45) is 0 Å². The fourth-order valence-corrected chi connectivity index (χ4v) is 2.42. The Hall–Kier alpha value is -0.870. The summed E-state index contributed by atoms with van der Waals surface area (Å²) in [5, 5.41) is 3.15. The molecule has 1 aliphatic heterocycles. The number of rotatable bonds is 2. The van der Waals surface area contributed by atoms with E-state index in [9.17, 15) is 8.78 Å². The van der Waals surface area contributed by atoms with E-state index in [1.54, 1.807) is 0 Å². The van der Waals surface area contributed by atoms with Crippen molar-refractivity contribution < 1.29 is 8.78 Å². The number of benzene rings is 1. The molecule has 5 heteroatoms. The Morgan fingerprint density at radius 1 is 1.41 bits per heavy atom. The van der Waals surface area contributed by atoms with Gasteiger partial charge in [-0.3, -0.25) is 0 Å². The third-order valence-electron chi connectivity index (χ3n) is 2.98. The van der Waals surface area contributed by atoms with Gasteiger partial charge in [-0.2, -0.15) is 0 Å². The monoisotopic (exact) mass is 260 g/mol. The number of likely N-dealkylation sites (N-methyl/N-ethyl adjacent to an activating group) is 1. The van der Waals surface area contributed by atoms with E-state index in [1.807, 2.05) is 7.05 Å². The predicted octanol–water partition coefficient (Wildman–Crippen LogP) is 3.12. The van der Waals surface area contributed by atoms with Crippen LogP contribution < -0.4 is 5.32 Å². The first-order valence-electron chi connectivity index (χ1n) is 5.66. The summed E-state index contributed by atoms with van der Waals surface area (Å²) in [5.41, 5.74) is 0.202. The standard InChI is InChI=1S/C12H15ClF2N2/c1-17-4-2-3-9(7-17)16-12-10(13)5-8(14)6-11(12)15/h5-6,9,16H,2-4,7H2,1H3. The van der Waals surface area contributed by atoms with Crippen molar-refractivity contribution in [2.45, 2.75) is 18.9 Å². The summed E-state index contributed by atoms with van der Waals surface area (Å²) >= 11 is 5.83. The molecule has 0 saturated carbocycles. The molecule has 1 atom stereocenters. The van der Waals surface area contributed by atoms with Crippen molar-refractivity contribution in [3.63, 3.8) is 0 Å². The molecule has 1 aromatic carbocycles. The van der Waals surface area contributed by atoms with Gasteiger partial charge in [-0.1, -0.05) is 11.6 Å². The SMILES string of the molecule is CN1CCCC(Nc2c(F)cc(F)cc2Cl)C1. The van der Waals surface area contributed by atoms with Crippen molar-refractivity contribution in [1.29, 1.82) is 0 Å². The molecule has 1 N–H and O–H groups in total. The van der Waals surface area contributed by atoms with Crippen LogP contribution in [0, 0.1) is 11.6 Å². The molecular formula is C12H15ClF2N2. The Labute approximate surface area is 105 Å². The van der Waals surface area contributed by atoms with Gasteiger partial charge in [0.1, 0.15) is 5.82 Å². The van der Waals surface area contributed by atoms with Gasteiger partial charge in [-0.25, -0.2) is 8.78 Å². The maximum Gasteiger partial charge on any atom is 0.150 e. The summed E-state index contributed by atoms with van der Waals surface area (Å²) in [5.74, 6) is -1.29. The molecule has 2 nitrogen and oxygen atoms in total. The minimum Gasteiger partial charge on any atom is -0.377 e. The zero-order valence-corrected chi connectivity index (χ0v) is 10.4. The summed E-state index contributed by atoms with van der Waals surface area (Å²) in [4.78, 5) is 2.18. The van der Waals surface area contributed by atoms with E-state index in [2.05, 4.69) is 10.2 Å². The Kier molecular flexibility index (Phi) is 3.84. The van der Waals surface area contributed by atoms with Gasteiger partial charge in [0.25, 0.3) is 0 Å². The minimum absolute atomic E-state index is 0.0933. The fourth-order valence-electron chi connectivity index (χ4n) is 2.17. The Balaban J connectivity index is 2.12. The second-order valence-electron chi connectivity index (χ2n) is 4.49. The highest BCUT2D eigenvalue weighted by Gasteiger charge is 2.19. The molecule has 0 radical (unpaired) electrons. The summed E-state index contributed by atoms with van der Waals surface area (Å²) in [6.45, 7) is 1.89. The average Bonchev–Trinajstić information content (AvgIpc) is 2.23. The molecule has 1 unspecified atom stereocenters. The van der Waals surface area contributed by atoms with Crippen LogP contribution in [0.25, 0.3) is 0 Å². The lowest BCUT2D eigenvalue weighted by Crippen LogP contribution is -2.39. The second kappa shape index (κ2) is 5.19. The van der Waals surface area contributed by atoms with Gasteiger partial charge in [-0.05, 0) is 32.5 Å². The van der Waals surface area contributed by atoms with Crippen molar-refractivity contribution in [2.75, 3.05) is 25.5 Å². The first-order chi connectivity index (χ1) is 8.06. The molecule has 0 spiro atoms. The number of anilines is 1. The van der Waals surface area contributed by atoms with Gasteiger partial charge in [0, 0.05) is 18.7 Å². The van der Waals surface area contributed by atoms with Crippen molar-refractivity contribution in [3.8, 4) is 0 Å². The Morgan fingerprint density at radius 3 is 2.82 bits per heavy atom. The number of hydrogen-bond donors (Lipinski definition) is 1.